The van der Waals surface area contributed by atoms with Gasteiger partial charge in [0.2, 0.25) is 5.91 Å². The number of nitrogens with zero attached hydrogens (tertiary/aromatic N) is 1. The van der Waals surface area contributed by atoms with Gasteiger partial charge in [-0.3, -0.25) is 4.79 Å². The van der Waals surface area contributed by atoms with E-state index in [0.717, 1.165) is 50.0 Å². The third-order valence-corrected chi connectivity index (χ3v) is 8.06. The van der Waals surface area contributed by atoms with Crippen molar-refractivity contribution in [2.75, 3.05) is 13.3 Å². The van der Waals surface area contributed by atoms with Crippen LogP contribution in [-0.2, 0) is 16.6 Å². The number of hydrogen-bond donors (Lipinski definition) is 1. The molecule has 1 aliphatic heterocycles. The molecule has 0 spiro atoms. The summed E-state index contributed by atoms with van der Waals surface area (Å²) in [6, 6.07) is 13.4. The lowest BCUT2D eigenvalue weighted by atomic mass is 9.69. The number of aliphatic hydroxyl groups excluding tert-OH is 1. The Hall–Kier alpha value is -2.33. The molecule has 1 saturated heterocycles. The molecule has 0 aromatic heterocycles. The van der Waals surface area contributed by atoms with Crippen LogP contribution in [0.4, 0.5) is 0 Å². The third-order valence-electron chi connectivity index (χ3n) is 8.06. The van der Waals surface area contributed by atoms with Crippen LogP contribution in [0.1, 0.15) is 94.5 Å². The summed E-state index contributed by atoms with van der Waals surface area (Å²) in [4.78, 5) is 13.7. The van der Waals surface area contributed by atoms with E-state index in [1.807, 2.05) is 0 Å². The summed E-state index contributed by atoms with van der Waals surface area (Å²) in [5, 5.41) is 10.5. The Morgan fingerprint density at radius 2 is 1.63 bits per heavy atom. The minimum atomic E-state index is -0.306. The quantitative estimate of drug-likeness (QED) is 0.412. The maximum absolute atomic E-state index is 11.9. The summed E-state index contributed by atoms with van der Waals surface area (Å²) < 4.78 is 6.02. The van der Waals surface area contributed by atoms with Crippen LogP contribution in [0.25, 0.3) is 0 Å². The molecular formula is C31H45NO3. The molecule has 1 atom stereocenters. The molecule has 192 valence electrons. The lowest BCUT2D eigenvalue weighted by Gasteiger charge is -2.34. The summed E-state index contributed by atoms with van der Waals surface area (Å²) >= 11 is 0. The van der Waals surface area contributed by atoms with Gasteiger partial charge in [0.15, 0.2) is 6.73 Å². The minimum Gasteiger partial charge on any atom is -0.473 e. The first-order valence-corrected chi connectivity index (χ1v) is 13.3. The maximum Gasteiger partial charge on any atom is 0.225 e. The van der Waals surface area contributed by atoms with E-state index in [1.165, 1.54) is 22.3 Å². The molecule has 0 bridgehead atoms. The number of aryl methyl sites for hydroxylation is 3. The highest BCUT2D eigenvalue weighted by Crippen LogP contribution is 2.41. The van der Waals surface area contributed by atoms with Gasteiger partial charge in [0.25, 0.3) is 0 Å². The Kier molecular flexibility index (Phi) is 8.69. The Morgan fingerprint density at radius 1 is 1.00 bits per heavy atom. The maximum atomic E-state index is 11.9. The van der Waals surface area contributed by atoms with Crippen molar-refractivity contribution in [1.82, 2.24) is 4.90 Å². The zero-order valence-corrected chi connectivity index (χ0v) is 22.9. The average molecular weight is 480 g/mol. The van der Waals surface area contributed by atoms with E-state index in [1.54, 1.807) is 4.90 Å². The van der Waals surface area contributed by atoms with Crippen LogP contribution >= 0.6 is 0 Å². The highest BCUT2D eigenvalue weighted by atomic mass is 16.5. The summed E-state index contributed by atoms with van der Waals surface area (Å²) in [7, 11) is 0. The van der Waals surface area contributed by atoms with E-state index < -0.39 is 0 Å². The van der Waals surface area contributed by atoms with Crippen molar-refractivity contribution in [1.29, 1.82) is 0 Å². The van der Waals surface area contributed by atoms with E-state index in [9.17, 15) is 9.90 Å². The summed E-state index contributed by atoms with van der Waals surface area (Å²) in [6.07, 6.45) is 4.93. The molecule has 0 radical (unpaired) electrons. The molecule has 1 fully saturated rings. The molecule has 3 rings (SSSR count). The van der Waals surface area contributed by atoms with Gasteiger partial charge in [-0.05, 0) is 85.3 Å². The number of rotatable bonds is 10. The standard InChI is InChI=1S/C31H45NO3/c1-8-31(9-2,25-14-12-24(22(3)19-25)13-17-28(33)30(5,6)7)26-15-16-27(23(4)20-26)35-21-32-18-10-11-29(32)34/h12,14-16,19-20,28,33H,8-11,13,17-18,21H2,1-7H3/t28-/m0/s1. The van der Waals surface area contributed by atoms with Crippen LogP contribution in [0.15, 0.2) is 36.4 Å². The number of hydrogen-bond acceptors (Lipinski definition) is 3. The average Bonchev–Trinajstić information content (AvgIpc) is 3.23. The van der Waals surface area contributed by atoms with Crippen LogP contribution in [0.2, 0.25) is 0 Å². The predicted molar refractivity (Wildman–Crippen MR) is 144 cm³/mol. The monoisotopic (exact) mass is 479 g/mol. The second kappa shape index (κ2) is 11.2. The number of carbonyl (C=O) groups is 1. The van der Waals surface area contributed by atoms with Gasteiger partial charge >= 0.3 is 0 Å². The number of carbonyl (C=O) groups excluding carboxylic acids is 1. The zero-order chi connectivity index (χ0) is 25.8. The van der Waals surface area contributed by atoms with Crippen molar-refractivity contribution in [2.24, 2.45) is 5.41 Å². The first-order valence-electron chi connectivity index (χ1n) is 13.3. The normalized spacial score (nSPS) is 15.5. The number of amides is 1. The topological polar surface area (TPSA) is 49.8 Å². The molecule has 4 heteroatoms. The molecular weight excluding hydrogens is 434 g/mol. The van der Waals surface area contributed by atoms with Crippen LogP contribution in [0.3, 0.4) is 0 Å². The molecule has 4 nitrogen and oxygen atoms in total. The molecule has 1 N–H and O–H groups in total. The van der Waals surface area contributed by atoms with Gasteiger partial charge in [-0.25, -0.2) is 0 Å². The van der Waals surface area contributed by atoms with Crippen LogP contribution < -0.4 is 4.74 Å². The van der Waals surface area contributed by atoms with Crippen LogP contribution in [-0.4, -0.2) is 35.3 Å². The molecule has 1 aliphatic rings. The highest BCUT2D eigenvalue weighted by Gasteiger charge is 2.32. The zero-order valence-electron chi connectivity index (χ0n) is 22.9. The molecule has 1 amide bonds. The van der Waals surface area contributed by atoms with Gasteiger partial charge in [-0.15, -0.1) is 0 Å². The summed E-state index contributed by atoms with van der Waals surface area (Å²) in [5.41, 5.74) is 6.20. The van der Waals surface area contributed by atoms with E-state index in [-0.39, 0.29) is 22.8 Å². The van der Waals surface area contributed by atoms with E-state index >= 15 is 0 Å². The minimum absolute atomic E-state index is 0.0670. The van der Waals surface area contributed by atoms with Gasteiger partial charge in [-0.1, -0.05) is 65.0 Å². The van der Waals surface area contributed by atoms with E-state index in [0.29, 0.717) is 13.2 Å². The fourth-order valence-corrected chi connectivity index (χ4v) is 5.33. The summed E-state index contributed by atoms with van der Waals surface area (Å²) in [6.45, 7) is 16.2. The Bertz CT molecular complexity index is 1020. The third kappa shape index (κ3) is 6.09. The number of benzene rings is 2. The predicted octanol–water partition coefficient (Wildman–Crippen LogP) is 6.71. The first kappa shape index (κ1) is 27.3. The van der Waals surface area contributed by atoms with Gasteiger partial charge in [-0.2, -0.15) is 0 Å². The number of likely N-dealkylation sites (tertiary alicyclic amines) is 1. The van der Waals surface area contributed by atoms with Crippen molar-refractivity contribution < 1.29 is 14.6 Å². The Morgan fingerprint density at radius 3 is 2.14 bits per heavy atom. The molecule has 0 unspecified atom stereocenters. The lowest BCUT2D eigenvalue weighted by Crippen LogP contribution is -2.29. The molecule has 1 heterocycles. The van der Waals surface area contributed by atoms with Crippen LogP contribution in [0, 0.1) is 19.3 Å². The van der Waals surface area contributed by atoms with Gasteiger partial charge < -0.3 is 14.7 Å². The van der Waals surface area contributed by atoms with Gasteiger partial charge in [0.05, 0.1) is 6.10 Å². The molecule has 35 heavy (non-hydrogen) atoms. The van der Waals surface area contributed by atoms with Crippen molar-refractivity contribution >= 4 is 5.91 Å². The number of aliphatic hydroxyl groups is 1. The van der Waals surface area contributed by atoms with Gasteiger partial charge in [0.1, 0.15) is 5.75 Å². The lowest BCUT2D eigenvalue weighted by molar-refractivity contribution is -0.130. The molecule has 0 aliphatic carbocycles. The SMILES string of the molecule is CCC(CC)(c1ccc(CC[C@H](O)C(C)(C)C)c(C)c1)c1ccc(OCN2CCCC2=O)c(C)c1. The molecule has 0 saturated carbocycles. The largest absolute Gasteiger partial charge is 0.473 e. The summed E-state index contributed by atoms with van der Waals surface area (Å²) in [5.74, 6) is 1.03. The second-order valence-electron chi connectivity index (χ2n) is 11.4. The second-order valence-corrected chi connectivity index (χ2v) is 11.4. The molecule has 2 aromatic rings. The molecule has 2 aromatic carbocycles. The number of ether oxygens (including phenoxy) is 1. The van der Waals surface area contributed by atoms with E-state index in [4.69, 9.17) is 4.74 Å². The highest BCUT2D eigenvalue weighted by molar-refractivity contribution is 5.77. The Balaban J connectivity index is 1.81. The fraction of sp³-hybridized carbons (Fsp3) is 0.581. The Labute approximate surface area is 212 Å². The van der Waals surface area contributed by atoms with Crippen LogP contribution in [0.5, 0.6) is 5.75 Å². The van der Waals surface area contributed by atoms with Crippen molar-refractivity contribution in [2.45, 2.75) is 98.5 Å². The van der Waals surface area contributed by atoms with Gasteiger partial charge in [0, 0.05) is 18.4 Å². The van der Waals surface area contributed by atoms with Crippen molar-refractivity contribution in [3.8, 4) is 5.75 Å². The van der Waals surface area contributed by atoms with Crippen molar-refractivity contribution in [3.63, 3.8) is 0 Å². The smallest absolute Gasteiger partial charge is 0.225 e. The first-order chi connectivity index (χ1) is 16.5. The van der Waals surface area contributed by atoms with Crippen molar-refractivity contribution in [3.05, 3.63) is 64.2 Å². The fourth-order valence-electron chi connectivity index (χ4n) is 5.33. The van der Waals surface area contributed by atoms with E-state index in [2.05, 4.69) is 84.9 Å².